The van der Waals surface area contributed by atoms with E-state index in [1.165, 1.54) is 6.42 Å². The number of carbonyl (C=O) groups excluding carboxylic acids is 1. The molecule has 0 amide bonds. The molecule has 1 fully saturated rings. The fourth-order valence-electron chi connectivity index (χ4n) is 2.48. The molecule has 1 aliphatic rings. The fourth-order valence-corrected chi connectivity index (χ4v) is 2.48. The summed E-state index contributed by atoms with van der Waals surface area (Å²) in [6.07, 6.45) is 4.53. The van der Waals surface area contributed by atoms with Crippen LogP contribution in [0.2, 0.25) is 0 Å². The van der Waals surface area contributed by atoms with Gasteiger partial charge in [-0.15, -0.1) is 0 Å². The molecule has 2 rings (SSSR count). The second-order valence-electron chi connectivity index (χ2n) is 5.13. The molecule has 0 saturated heterocycles. The van der Waals surface area contributed by atoms with E-state index >= 15 is 0 Å². The van der Waals surface area contributed by atoms with Crippen LogP contribution < -0.4 is 5.32 Å². The Kier molecular flexibility index (Phi) is 4.24. The zero-order chi connectivity index (χ0) is 13.0. The minimum Gasteiger partial charge on any atom is -0.459 e. The number of esters is 1. The number of hydrogen-bond donors (Lipinski definition) is 1. The third-order valence-corrected chi connectivity index (χ3v) is 3.57. The summed E-state index contributed by atoms with van der Waals surface area (Å²) in [5.74, 6) is 0.472. The summed E-state index contributed by atoms with van der Waals surface area (Å²) in [7, 11) is 1.86. The zero-order valence-electron chi connectivity index (χ0n) is 11.1. The standard InChI is InChI=1S/C15H21NO2/c1-11-4-3-5-14(10-11)18-15(17)12-6-8-13(16-2)9-7-12/h6-9,11,14,16H,3-5,10H2,1-2H3. The van der Waals surface area contributed by atoms with Gasteiger partial charge < -0.3 is 10.1 Å². The van der Waals surface area contributed by atoms with E-state index in [2.05, 4.69) is 12.2 Å². The first-order chi connectivity index (χ1) is 8.69. The Morgan fingerprint density at radius 1 is 1.28 bits per heavy atom. The predicted octanol–water partition coefficient (Wildman–Crippen LogP) is 3.46. The van der Waals surface area contributed by atoms with Crippen LogP contribution in [-0.4, -0.2) is 19.1 Å². The lowest BCUT2D eigenvalue weighted by molar-refractivity contribution is 0.0155. The molecule has 3 heteroatoms. The minimum absolute atomic E-state index is 0.102. The molecule has 0 heterocycles. The maximum atomic E-state index is 12.0. The SMILES string of the molecule is CNc1ccc(C(=O)OC2CCCC(C)C2)cc1. The molecule has 1 aromatic carbocycles. The van der Waals surface area contributed by atoms with E-state index in [1.807, 2.05) is 19.2 Å². The van der Waals surface area contributed by atoms with Crippen LogP contribution in [0.25, 0.3) is 0 Å². The number of anilines is 1. The van der Waals surface area contributed by atoms with Gasteiger partial charge in [-0.1, -0.05) is 13.3 Å². The highest BCUT2D eigenvalue weighted by atomic mass is 16.5. The second-order valence-corrected chi connectivity index (χ2v) is 5.13. The van der Waals surface area contributed by atoms with E-state index in [4.69, 9.17) is 4.74 Å². The molecule has 0 aliphatic heterocycles. The van der Waals surface area contributed by atoms with Crippen molar-refractivity contribution in [3.63, 3.8) is 0 Å². The van der Waals surface area contributed by atoms with Gasteiger partial charge in [0, 0.05) is 12.7 Å². The summed E-state index contributed by atoms with van der Waals surface area (Å²) in [5.41, 5.74) is 1.63. The predicted molar refractivity (Wildman–Crippen MR) is 72.8 cm³/mol. The van der Waals surface area contributed by atoms with Crippen LogP contribution in [0.4, 0.5) is 5.69 Å². The topological polar surface area (TPSA) is 38.3 Å². The number of carbonyl (C=O) groups is 1. The van der Waals surface area contributed by atoms with Gasteiger partial charge in [0.05, 0.1) is 5.56 Å². The van der Waals surface area contributed by atoms with Gasteiger partial charge in [0.2, 0.25) is 0 Å². The van der Waals surface area contributed by atoms with Crippen molar-refractivity contribution in [2.24, 2.45) is 5.92 Å². The van der Waals surface area contributed by atoms with Crippen molar-refractivity contribution in [3.05, 3.63) is 29.8 Å². The summed E-state index contributed by atoms with van der Waals surface area (Å²) in [6, 6.07) is 7.39. The normalized spacial score (nSPS) is 23.4. The number of nitrogens with one attached hydrogen (secondary N) is 1. The van der Waals surface area contributed by atoms with Crippen molar-refractivity contribution >= 4 is 11.7 Å². The highest BCUT2D eigenvalue weighted by Gasteiger charge is 2.22. The molecular weight excluding hydrogens is 226 g/mol. The van der Waals surface area contributed by atoms with Crippen molar-refractivity contribution in [1.82, 2.24) is 0 Å². The zero-order valence-corrected chi connectivity index (χ0v) is 11.1. The first kappa shape index (κ1) is 12.9. The van der Waals surface area contributed by atoms with E-state index in [1.54, 1.807) is 12.1 Å². The first-order valence-electron chi connectivity index (χ1n) is 6.68. The number of benzene rings is 1. The highest BCUT2D eigenvalue weighted by Crippen LogP contribution is 2.26. The fraction of sp³-hybridized carbons (Fsp3) is 0.533. The number of rotatable bonds is 3. The molecule has 3 nitrogen and oxygen atoms in total. The molecule has 18 heavy (non-hydrogen) atoms. The quantitative estimate of drug-likeness (QED) is 0.831. The molecule has 1 aromatic rings. The van der Waals surface area contributed by atoms with Crippen LogP contribution >= 0.6 is 0 Å². The number of ether oxygens (including phenoxy) is 1. The van der Waals surface area contributed by atoms with Gasteiger partial charge in [-0.05, 0) is 49.4 Å². The van der Waals surface area contributed by atoms with E-state index < -0.39 is 0 Å². The van der Waals surface area contributed by atoms with Crippen LogP contribution in [0.1, 0.15) is 43.0 Å². The Labute approximate surface area is 109 Å². The minimum atomic E-state index is -0.197. The highest BCUT2D eigenvalue weighted by molar-refractivity contribution is 5.89. The summed E-state index contributed by atoms with van der Waals surface area (Å²) in [6.45, 7) is 2.22. The molecule has 1 N–H and O–H groups in total. The van der Waals surface area contributed by atoms with Crippen molar-refractivity contribution in [2.75, 3.05) is 12.4 Å². The van der Waals surface area contributed by atoms with Crippen molar-refractivity contribution in [1.29, 1.82) is 0 Å². The van der Waals surface area contributed by atoms with Crippen LogP contribution in [-0.2, 0) is 4.74 Å². The van der Waals surface area contributed by atoms with E-state index in [0.717, 1.165) is 24.9 Å². The maximum absolute atomic E-state index is 12.0. The monoisotopic (exact) mass is 247 g/mol. The molecule has 1 saturated carbocycles. The smallest absolute Gasteiger partial charge is 0.338 e. The van der Waals surface area contributed by atoms with Crippen LogP contribution in [0, 0.1) is 5.92 Å². The average Bonchev–Trinajstić information content (AvgIpc) is 2.39. The van der Waals surface area contributed by atoms with Gasteiger partial charge in [-0.2, -0.15) is 0 Å². The van der Waals surface area contributed by atoms with Crippen LogP contribution in [0.5, 0.6) is 0 Å². The average molecular weight is 247 g/mol. The van der Waals surface area contributed by atoms with Crippen LogP contribution in [0.3, 0.4) is 0 Å². The lowest BCUT2D eigenvalue weighted by atomic mass is 9.89. The molecule has 0 aromatic heterocycles. The Bertz CT molecular complexity index is 399. The lowest BCUT2D eigenvalue weighted by Crippen LogP contribution is -2.24. The summed E-state index contributed by atoms with van der Waals surface area (Å²) in [5, 5.41) is 3.03. The van der Waals surface area contributed by atoms with Gasteiger partial charge in [0.25, 0.3) is 0 Å². The molecule has 2 unspecified atom stereocenters. The van der Waals surface area contributed by atoms with Gasteiger partial charge in [0.15, 0.2) is 0 Å². The van der Waals surface area contributed by atoms with E-state index in [0.29, 0.717) is 11.5 Å². The molecular formula is C15H21NO2. The van der Waals surface area contributed by atoms with Gasteiger partial charge in [0.1, 0.15) is 6.10 Å². The summed E-state index contributed by atoms with van der Waals surface area (Å²) >= 11 is 0. The Morgan fingerprint density at radius 2 is 2.00 bits per heavy atom. The number of hydrogen-bond acceptors (Lipinski definition) is 3. The maximum Gasteiger partial charge on any atom is 0.338 e. The molecule has 0 radical (unpaired) electrons. The van der Waals surface area contributed by atoms with E-state index in [9.17, 15) is 4.79 Å². The molecule has 1 aliphatic carbocycles. The van der Waals surface area contributed by atoms with Crippen molar-refractivity contribution in [2.45, 2.75) is 38.7 Å². The van der Waals surface area contributed by atoms with Crippen molar-refractivity contribution < 1.29 is 9.53 Å². The van der Waals surface area contributed by atoms with Crippen molar-refractivity contribution in [3.8, 4) is 0 Å². The third-order valence-electron chi connectivity index (χ3n) is 3.57. The second kappa shape index (κ2) is 5.89. The molecule has 0 spiro atoms. The van der Waals surface area contributed by atoms with Gasteiger partial charge in [-0.25, -0.2) is 4.79 Å². The first-order valence-corrected chi connectivity index (χ1v) is 6.68. The molecule has 98 valence electrons. The lowest BCUT2D eigenvalue weighted by Gasteiger charge is -2.26. The third kappa shape index (κ3) is 3.25. The summed E-state index contributed by atoms with van der Waals surface area (Å²) in [4.78, 5) is 12.0. The summed E-state index contributed by atoms with van der Waals surface area (Å²) < 4.78 is 5.56. The Balaban J connectivity index is 1.94. The van der Waals surface area contributed by atoms with Gasteiger partial charge in [-0.3, -0.25) is 0 Å². The largest absolute Gasteiger partial charge is 0.459 e. The Morgan fingerprint density at radius 3 is 2.61 bits per heavy atom. The van der Waals surface area contributed by atoms with Gasteiger partial charge >= 0.3 is 5.97 Å². The van der Waals surface area contributed by atoms with Crippen LogP contribution in [0.15, 0.2) is 24.3 Å². The molecule has 0 bridgehead atoms. The van der Waals surface area contributed by atoms with E-state index in [-0.39, 0.29) is 12.1 Å². The molecule has 2 atom stereocenters. The Hall–Kier alpha value is -1.51.